The molecule has 0 aliphatic rings. The first-order valence-corrected chi connectivity index (χ1v) is 7.43. The van der Waals surface area contributed by atoms with Gasteiger partial charge in [-0.05, 0) is 48.0 Å². The Morgan fingerprint density at radius 2 is 1.67 bits per heavy atom. The molecule has 117 valence electrons. The van der Waals surface area contributed by atoms with Crippen LogP contribution in [-0.2, 0) is 0 Å². The average Bonchev–Trinajstić information content (AvgIpc) is 2.94. The third kappa shape index (κ3) is 2.38. The van der Waals surface area contributed by atoms with Crippen LogP contribution in [0.4, 0.5) is 4.39 Å². The minimum atomic E-state index is -0.319. The number of phenolic OH excluding ortho intramolecular Hbond substituents is 2. The maximum Gasteiger partial charge on any atom is 0.123 e. The van der Waals surface area contributed by atoms with Crippen molar-refractivity contribution in [2.75, 3.05) is 0 Å². The molecule has 4 heteroatoms. The summed E-state index contributed by atoms with van der Waals surface area (Å²) < 4.78 is 15.6. The van der Waals surface area contributed by atoms with Crippen molar-refractivity contribution in [3.8, 4) is 28.3 Å². The summed E-state index contributed by atoms with van der Waals surface area (Å²) in [7, 11) is 0. The van der Waals surface area contributed by atoms with Gasteiger partial charge in [0.2, 0.25) is 0 Å². The van der Waals surface area contributed by atoms with Gasteiger partial charge in [-0.25, -0.2) is 4.39 Å². The van der Waals surface area contributed by atoms with Crippen LogP contribution in [-0.4, -0.2) is 14.8 Å². The number of hydrogen-bond donors (Lipinski definition) is 2. The molecule has 2 N–H and O–H groups in total. The smallest absolute Gasteiger partial charge is 0.123 e. The fourth-order valence-corrected chi connectivity index (χ4v) is 2.85. The number of phenols is 2. The Morgan fingerprint density at radius 3 is 2.42 bits per heavy atom. The van der Waals surface area contributed by atoms with Gasteiger partial charge >= 0.3 is 0 Å². The molecule has 0 unspecified atom stereocenters. The summed E-state index contributed by atoms with van der Waals surface area (Å²) in [5, 5.41) is 19.9. The Morgan fingerprint density at radius 1 is 0.875 bits per heavy atom. The SMILES string of the molecule is Oc1ccc(-c2cn(-c3[c]ccc(O)c3)c3ccc(F)cc23)cc1. The van der Waals surface area contributed by atoms with Crippen molar-refractivity contribution >= 4 is 10.9 Å². The molecular formula is C20H13FNO2. The maximum absolute atomic E-state index is 13.8. The third-order valence-corrected chi connectivity index (χ3v) is 3.97. The number of aromatic hydroxyl groups is 2. The fraction of sp³-hybridized carbons (Fsp3) is 0. The zero-order valence-corrected chi connectivity index (χ0v) is 12.6. The molecule has 0 atom stereocenters. The number of nitrogens with zero attached hydrogens (tertiary/aromatic N) is 1. The van der Waals surface area contributed by atoms with E-state index in [0.717, 1.165) is 22.0 Å². The number of rotatable bonds is 2. The molecule has 3 aromatic carbocycles. The molecule has 1 heterocycles. The first kappa shape index (κ1) is 14.3. The van der Waals surface area contributed by atoms with Crippen LogP contribution >= 0.6 is 0 Å². The topological polar surface area (TPSA) is 45.4 Å². The number of aromatic nitrogens is 1. The van der Waals surface area contributed by atoms with Crippen molar-refractivity contribution in [2.24, 2.45) is 0 Å². The summed E-state index contributed by atoms with van der Waals surface area (Å²) >= 11 is 0. The van der Waals surface area contributed by atoms with Gasteiger partial charge in [0.05, 0.1) is 11.2 Å². The summed E-state index contributed by atoms with van der Waals surface area (Å²) in [6.45, 7) is 0. The molecule has 0 bridgehead atoms. The second-order valence-electron chi connectivity index (χ2n) is 5.55. The minimum absolute atomic E-state index is 0.138. The number of hydrogen-bond acceptors (Lipinski definition) is 2. The molecule has 0 amide bonds. The van der Waals surface area contributed by atoms with Gasteiger partial charge < -0.3 is 14.8 Å². The van der Waals surface area contributed by atoms with E-state index in [9.17, 15) is 14.6 Å². The highest BCUT2D eigenvalue weighted by Crippen LogP contribution is 2.34. The van der Waals surface area contributed by atoms with Crippen LogP contribution in [0.3, 0.4) is 0 Å². The molecule has 4 aromatic rings. The standard InChI is InChI=1S/C20H13FNO2/c21-14-6-9-20-18(10-14)19(13-4-7-16(23)8-5-13)12-22(20)15-2-1-3-17(24)11-15/h1,3-12,23-24H. The van der Waals surface area contributed by atoms with E-state index in [-0.39, 0.29) is 17.3 Å². The predicted molar refractivity (Wildman–Crippen MR) is 90.8 cm³/mol. The normalized spacial score (nSPS) is 11.0. The largest absolute Gasteiger partial charge is 0.508 e. The molecule has 0 fully saturated rings. The first-order valence-electron chi connectivity index (χ1n) is 7.43. The van der Waals surface area contributed by atoms with Crippen LogP contribution in [0.2, 0.25) is 0 Å². The summed E-state index contributed by atoms with van der Waals surface area (Å²) in [6, 6.07) is 19.2. The zero-order chi connectivity index (χ0) is 16.7. The van der Waals surface area contributed by atoms with Gasteiger partial charge in [-0.15, -0.1) is 0 Å². The molecular weight excluding hydrogens is 305 g/mol. The average molecular weight is 318 g/mol. The van der Waals surface area contributed by atoms with Gasteiger partial charge in [-0.2, -0.15) is 0 Å². The van der Waals surface area contributed by atoms with Crippen molar-refractivity contribution in [3.05, 3.63) is 78.7 Å². The predicted octanol–water partition coefficient (Wildman–Crippen LogP) is 4.65. The van der Waals surface area contributed by atoms with Gasteiger partial charge in [0.25, 0.3) is 0 Å². The molecule has 0 saturated heterocycles. The maximum atomic E-state index is 13.8. The number of halogens is 1. The second-order valence-corrected chi connectivity index (χ2v) is 5.55. The molecule has 1 aromatic heterocycles. The second kappa shape index (κ2) is 5.42. The molecule has 0 saturated carbocycles. The van der Waals surface area contributed by atoms with Crippen molar-refractivity contribution in [1.82, 2.24) is 4.57 Å². The third-order valence-electron chi connectivity index (χ3n) is 3.97. The van der Waals surface area contributed by atoms with E-state index in [0.29, 0.717) is 5.69 Å². The number of benzene rings is 3. The fourth-order valence-electron chi connectivity index (χ4n) is 2.85. The van der Waals surface area contributed by atoms with Crippen LogP contribution in [0.15, 0.2) is 66.9 Å². The highest BCUT2D eigenvalue weighted by molar-refractivity contribution is 5.97. The van der Waals surface area contributed by atoms with Gasteiger partial charge in [-0.3, -0.25) is 0 Å². The summed E-state index contributed by atoms with van der Waals surface area (Å²) in [5.41, 5.74) is 3.17. The van der Waals surface area contributed by atoms with E-state index >= 15 is 0 Å². The van der Waals surface area contributed by atoms with Gasteiger partial charge in [0, 0.05) is 29.3 Å². The van der Waals surface area contributed by atoms with Gasteiger partial charge in [0.15, 0.2) is 0 Å². The number of fused-ring (bicyclic) bond motifs is 1. The summed E-state index contributed by atoms with van der Waals surface area (Å²) in [5.74, 6) is -0.00551. The quantitative estimate of drug-likeness (QED) is 0.565. The monoisotopic (exact) mass is 318 g/mol. The van der Waals surface area contributed by atoms with Crippen molar-refractivity contribution in [1.29, 1.82) is 0 Å². The molecule has 3 nitrogen and oxygen atoms in total. The molecule has 0 aliphatic heterocycles. The lowest BCUT2D eigenvalue weighted by Crippen LogP contribution is -1.91. The minimum Gasteiger partial charge on any atom is -0.508 e. The van der Waals surface area contributed by atoms with Crippen LogP contribution in [0.1, 0.15) is 0 Å². The Labute approximate surface area is 137 Å². The Hall–Kier alpha value is -3.27. The Bertz CT molecular complexity index is 1040. The van der Waals surface area contributed by atoms with Crippen LogP contribution in [0.5, 0.6) is 11.5 Å². The van der Waals surface area contributed by atoms with Crippen molar-refractivity contribution < 1.29 is 14.6 Å². The lowest BCUT2D eigenvalue weighted by molar-refractivity contribution is 0.474. The van der Waals surface area contributed by atoms with E-state index in [4.69, 9.17) is 0 Å². The zero-order valence-electron chi connectivity index (χ0n) is 12.6. The summed E-state index contributed by atoms with van der Waals surface area (Å²) in [6.07, 6.45) is 1.88. The lowest BCUT2D eigenvalue weighted by Gasteiger charge is -2.05. The van der Waals surface area contributed by atoms with Crippen LogP contribution in [0, 0.1) is 11.9 Å². The highest BCUT2D eigenvalue weighted by Gasteiger charge is 2.13. The van der Waals surface area contributed by atoms with E-state index in [1.54, 1.807) is 48.5 Å². The van der Waals surface area contributed by atoms with Crippen molar-refractivity contribution in [2.45, 2.75) is 0 Å². The Balaban J connectivity index is 2.01. The lowest BCUT2D eigenvalue weighted by atomic mass is 10.0. The molecule has 1 radical (unpaired) electrons. The van der Waals surface area contributed by atoms with Gasteiger partial charge in [-0.1, -0.05) is 12.1 Å². The van der Waals surface area contributed by atoms with Gasteiger partial charge in [0.1, 0.15) is 17.3 Å². The van der Waals surface area contributed by atoms with Crippen LogP contribution < -0.4 is 0 Å². The van der Waals surface area contributed by atoms with Crippen molar-refractivity contribution in [3.63, 3.8) is 0 Å². The van der Waals surface area contributed by atoms with E-state index in [1.165, 1.54) is 12.1 Å². The van der Waals surface area contributed by atoms with E-state index < -0.39 is 0 Å². The first-order chi connectivity index (χ1) is 11.6. The molecule has 0 spiro atoms. The molecule has 0 aliphatic carbocycles. The molecule has 24 heavy (non-hydrogen) atoms. The molecule has 4 rings (SSSR count). The van der Waals surface area contributed by atoms with E-state index in [1.807, 2.05) is 10.8 Å². The highest BCUT2D eigenvalue weighted by atomic mass is 19.1. The Kier molecular flexibility index (Phi) is 3.24. The van der Waals surface area contributed by atoms with E-state index in [2.05, 4.69) is 6.07 Å². The summed E-state index contributed by atoms with van der Waals surface area (Å²) in [4.78, 5) is 0. The van der Waals surface area contributed by atoms with Crippen LogP contribution in [0.25, 0.3) is 27.7 Å².